The Bertz CT molecular complexity index is 593. The van der Waals surface area contributed by atoms with Crippen LogP contribution in [-0.4, -0.2) is 11.2 Å². The first-order chi connectivity index (χ1) is 9.84. The summed E-state index contributed by atoms with van der Waals surface area (Å²) in [5, 5.41) is 10.6. The molecule has 0 aromatic heterocycles. The molecule has 1 unspecified atom stereocenters. The summed E-state index contributed by atoms with van der Waals surface area (Å²) in [5.41, 5.74) is 0.656. The average Bonchev–Trinajstić information content (AvgIpc) is 2.41. The summed E-state index contributed by atoms with van der Waals surface area (Å²) in [6.07, 6.45) is -4.56. The fourth-order valence-electron chi connectivity index (χ4n) is 2.11. The van der Waals surface area contributed by atoms with Crippen LogP contribution in [0, 0.1) is 0 Å². The lowest BCUT2D eigenvalue weighted by Gasteiger charge is -2.13. The number of aliphatic hydroxyl groups is 1. The molecule has 0 aliphatic heterocycles. The van der Waals surface area contributed by atoms with Crippen molar-refractivity contribution >= 4 is 11.6 Å². The van der Waals surface area contributed by atoms with Crippen molar-refractivity contribution in [3.05, 3.63) is 70.2 Å². The molecule has 21 heavy (non-hydrogen) atoms. The Morgan fingerprint density at radius 1 is 0.952 bits per heavy atom. The van der Waals surface area contributed by atoms with E-state index in [2.05, 4.69) is 0 Å². The van der Waals surface area contributed by atoms with Crippen LogP contribution in [0.4, 0.5) is 13.2 Å². The molecule has 112 valence electrons. The van der Waals surface area contributed by atoms with Gasteiger partial charge in [0.1, 0.15) is 0 Å². The van der Waals surface area contributed by atoms with Crippen LogP contribution in [0.2, 0.25) is 5.02 Å². The minimum atomic E-state index is -4.36. The van der Waals surface area contributed by atoms with Gasteiger partial charge in [-0.3, -0.25) is 0 Å². The average molecular weight is 315 g/mol. The second kappa shape index (κ2) is 6.50. The van der Waals surface area contributed by atoms with Gasteiger partial charge in [-0.2, -0.15) is 13.2 Å². The van der Waals surface area contributed by atoms with Crippen LogP contribution >= 0.6 is 11.6 Å². The lowest BCUT2D eigenvalue weighted by molar-refractivity contribution is -0.137. The van der Waals surface area contributed by atoms with E-state index in [-0.39, 0.29) is 6.42 Å². The van der Waals surface area contributed by atoms with E-state index in [0.717, 1.165) is 17.7 Å². The third-order valence-electron chi connectivity index (χ3n) is 3.11. The third kappa shape index (κ3) is 4.76. The highest BCUT2D eigenvalue weighted by atomic mass is 35.5. The Labute approximate surface area is 126 Å². The molecular formula is C16H14ClF3O. The molecule has 0 spiro atoms. The molecule has 0 heterocycles. The van der Waals surface area contributed by atoms with Gasteiger partial charge in [-0.25, -0.2) is 0 Å². The number of hydrogen-bond acceptors (Lipinski definition) is 1. The maximum absolute atomic E-state index is 12.6. The van der Waals surface area contributed by atoms with Gasteiger partial charge >= 0.3 is 6.18 Å². The van der Waals surface area contributed by atoms with Crippen molar-refractivity contribution in [2.45, 2.75) is 25.1 Å². The van der Waals surface area contributed by atoms with Gasteiger partial charge in [0.05, 0.1) is 11.7 Å². The van der Waals surface area contributed by atoms with Crippen LogP contribution in [0.3, 0.4) is 0 Å². The van der Waals surface area contributed by atoms with E-state index >= 15 is 0 Å². The van der Waals surface area contributed by atoms with Crippen LogP contribution < -0.4 is 0 Å². The van der Waals surface area contributed by atoms with Crippen molar-refractivity contribution in [1.29, 1.82) is 0 Å². The lowest BCUT2D eigenvalue weighted by atomic mass is 10.00. The van der Waals surface area contributed by atoms with Crippen LogP contribution in [0.1, 0.15) is 16.7 Å². The molecule has 0 fully saturated rings. The zero-order valence-electron chi connectivity index (χ0n) is 11.1. The molecule has 2 aromatic rings. The highest BCUT2D eigenvalue weighted by Gasteiger charge is 2.30. The number of rotatable bonds is 4. The zero-order valence-corrected chi connectivity index (χ0v) is 11.8. The van der Waals surface area contributed by atoms with Gasteiger partial charge in [0.25, 0.3) is 0 Å². The van der Waals surface area contributed by atoms with Crippen molar-refractivity contribution in [2.75, 3.05) is 0 Å². The summed E-state index contributed by atoms with van der Waals surface area (Å²) in [6, 6.07) is 12.0. The van der Waals surface area contributed by atoms with Crippen molar-refractivity contribution in [2.24, 2.45) is 0 Å². The topological polar surface area (TPSA) is 20.2 Å². The quantitative estimate of drug-likeness (QED) is 0.880. The van der Waals surface area contributed by atoms with E-state index in [1.54, 1.807) is 30.3 Å². The smallest absolute Gasteiger partial charge is 0.392 e. The highest BCUT2D eigenvalue weighted by Crippen LogP contribution is 2.29. The molecule has 0 saturated heterocycles. The van der Waals surface area contributed by atoms with Crippen LogP contribution in [-0.2, 0) is 19.0 Å². The van der Waals surface area contributed by atoms with E-state index < -0.39 is 17.8 Å². The van der Waals surface area contributed by atoms with Gasteiger partial charge in [-0.15, -0.1) is 0 Å². The molecular weight excluding hydrogens is 301 g/mol. The summed E-state index contributed by atoms with van der Waals surface area (Å²) in [6.45, 7) is 0. The second-order valence-corrected chi connectivity index (χ2v) is 5.32. The number of hydrogen-bond donors (Lipinski definition) is 1. The fraction of sp³-hybridized carbons (Fsp3) is 0.250. The monoisotopic (exact) mass is 314 g/mol. The molecule has 0 amide bonds. The zero-order chi connectivity index (χ0) is 15.5. The molecule has 5 heteroatoms. The first-order valence-corrected chi connectivity index (χ1v) is 6.81. The highest BCUT2D eigenvalue weighted by molar-refractivity contribution is 6.30. The maximum atomic E-state index is 12.6. The van der Waals surface area contributed by atoms with Gasteiger partial charge < -0.3 is 5.11 Å². The first-order valence-electron chi connectivity index (χ1n) is 6.43. The van der Waals surface area contributed by atoms with Gasteiger partial charge in [0, 0.05) is 5.02 Å². The summed E-state index contributed by atoms with van der Waals surface area (Å²) in [5.74, 6) is 0. The molecule has 0 radical (unpaired) electrons. The molecule has 0 aliphatic rings. The van der Waals surface area contributed by atoms with E-state index in [0.29, 0.717) is 17.0 Å². The van der Waals surface area contributed by atoms with Gasteiger partial charge in [-0.05, 0) is 42.2 Å². The second-order valence-electron chi connectivity index (χ2n) is 4.89. The Hall–Kier alpha value is -1.52. The summed E-state index contributed by atoms with van der Waals surface area (Å²) >= 11 is 5.77. The molecule has 1 atom stereocenters. The van der Waals surface area contributed by atoms with Crippen LogP contribution in [0.25, 0.3) is 0 Å². The lowest BCUT2D eigenvalue weighted by Crippen LogP contribution is -2.14. The largest absolute Gasteiger partial charge is 0.416 e. The standard InChI is InChI=1S/C16H14ClF3O/c17-14-6-4-11(5-7-14)9-15(21)10-12-2-1-3-13(8-12)16(18,19)20/h1-8,15,21H,9-10H2. The normalized spacial score (nSPS) is 13.2. The first kappa shape index (κ1) is 15.9. The van der Waals surface area contributed by atoms with E-state index in [9.17, 15) is 18.3 Å². The summed E-state index contributed by atoms with van der Waals surface area (Å²) < 4.78 is 37.8. The van der Waals surface area contributed by atoms with Crippen molar-refractivity contribution in [1.82, 2.24) is 0 Å². The molecule has 0 saturated carbocycles. The molecule has 1 N–H and O–H groups in total. The molecule has 0 aliphatic carbocycles. The summed E-state index contributed by atoms with van der Waals surface area (Å²) in [4.78, 5) is 0. The Kier molecular flexibility index (Phi) is 4.91. The maximum Gasteiger partial charge on any atom is 0.416 e. The SMILES string of the molecule is OC(Cc1ccc(Cl)cc1)Cc1cccc(C(F)(F)F)c1. The van der Waals surface area contributed by atoms with Crippen LogP contribution in [0.15, 0.2) is 48.5 Å². The number of alkyl halides is 3. The minimum Gasteiger partial charge on any atom is -0.392 e. The Morgan fingerprint density at radius 3 is 2.19 bits per heavy atom. The predicted molar refractivity (Wildman–Crippen MR) is 76.3 cm³/mol. The Morgan fingerprint density at radius 2 is 1.57 bits per heavy atom. The van der Waals surface area contributed by atoms with E-state index in [1.165, 1.54) is 6.07 Å². The molecule has 1 nitrogen and oxygen atoms in total. The minimum absolute atomic E-state index is 0.173. The predicted octanol–water partition coefficient (Wildman–Crippen LogP) is 4.50. The Balaban J connectivity index is 2.02. The van der Waals surface area contributed by atoms with Crippen molar-refractivity contribution in [3.8, 4) is 0 Å². The van der Waals surface area contributed by atoms with E-state index in [4.69, 9.17) is 11.6 Å². The number of benzene rings is 2. The van der Waals surface area contributed by atoms with Crippen molar-refractivity contribution < 1.29 is 18.3 Å². The van der Waals surface area contributed by atoms with E-state index in [1.807, 2.05) is 0 Å². The van der Waals surface area contributed by atoms with Gasteiger partial charge in [0.15, 0.2) is 0 Å². The molecule has 2 aromatic carbocycles. The molecule has 2 rings (SSSR count). The van der Waals surface area contributed by atoms with Crippen LogP contribution in [0.5, 0.6) is 0 Å². The number of halogens is 4. The van der Waals surface area contributed by atoms with Gasteiger partial charge in [-0.1, -0.05) is 41.9 Å². The summed E-state index contributed by atoms with van der Waals surface area (Å²) in [7, 11) is 0. The third-order valence-corrected chi connectivity index (χ3v) is 3.36. The van der Waals surface area contributed by atoms with Crippen molar-refractivity contribution in [3.63, 3.8) is 0 Å². The van der Waals surface area contributed by atoms with Gasteiger partial charge in [0.2, 0.25) is 0 Å². The number of aliphatic hydroxyl groups excluding tert-OH is 1. The molecule has 0 bridgehead atoms. The fourth-order valence-corrected chi connectivity index (χ4v) is 2.24.